The van der Waals surface area contributed by atoms with Crippen LogP contribution in [0.25, 0.3) is 0 Å². The van der Waals surface area contributed by atoms with Crippen LogP contribution in [0.4, 0.5) is 0 Å². The molecule has 1 aliphatic rings. The molecule has 82 valence electrons. The van der Waals surface area contributed by atoms with Gasteiger partial charge in [-0.05, 0) is 28.8 Å². The van der Waals surface area contributed by atoms with Crippen molar-refractivity contribution in [3.63, 3.8) is 0 Å². The summed E-state index contributed by atoms with van der Waals surface area (Å²) >= 11 is 0. The fourth-order valence-electron chi connectivity index (χ4n) is 2.06. The first-order valence-electron chi connectivity index (χ1n) is 5.35. The summed E-state index contributed by atoms with van der Waals surface area (Å²) in [5.74, 6) is 0. The molecule has 1 atom stereocenters. The molecule has 0 spiro atoms. The zero-order valence-corrected chi connectivity index (χ0v) is 8.81. The van der Waals surface area contributed by atoms with Gasteiger partial charge in [0.15, 0.2) is 0 Å². The van der Waals surface area contributed by atoms with E-state index in [1.165, 1.54) is 11.1 Å². The number of benzene rings is 1. The molecule has 16 heavy (non-hydrogen) atoms. The first kappa shape index (κ1) is 9.63. The average molecular weight is 215 g/mol. The summed E-state index contributed by atoms with van der Waals surface area (Å²) in [6, 6.07) is 9.78. The summed E-state index contributed by atoms with van der Waals surface area (Å²) in [7, 11) is 0. The third-order valence-corrected chi connectivity index (χ3v) is 2.98. The molecule has 3 rings (SSSR count). The van der Waals surface area contributed by atoms with Crippen LogP contribution in [0.2, 0.25) is 0 Å². The molecular formula is C13H13NO2. The number of H-pyrrole nitrogens is 1. The number of aromatic amines is 1. The van der Waals surface area contributed by atoms with Gasteiger partial charge in [0.25, 0.3) is 0 Å². The number of aliphatic hydroxyl groups is 1. The van der Waals surface area contributed by atoms with E-state index in [0.29, 0.717) is 13.2 Å². The maximum Gasteiger partial charge on any atom is 0.119 e. The van der Waals surface area contributed by atoms with Crippen LogP contribution in [-0.4, -0.2) is 10.1 Å². The maximum atomic E-state index is 10.1. The molecule has 0 saturated heterocycles. The van der Waals surface area contributed by atoms with Crippen molar-refractivity contribution in [2.24, 2.45) is 0 Å². The number of aromatic nitrogens is 1. The summed E-state index contributed by atoms with van der Waals surface area (Å²) < 4.78 is 5.35. The molecule has 0 amide bonds. The lowest BCUT2D eigenvalue weighted by molar-refractivity contribution is 0.134. The van der Waals surface area contributed by atoms with Gasteiger partial charge in [0.05, 0.1) is 13.2 Å². The summed E-state index contributed by atoms with van der Waals surface area (Å²) in [4.78, 5) is 3.02. The SMILES string of the molecule is OC(c1ccc2c(c1)COC2)c1ccc[nH]1. The Bertz CT molecular complexity index is 491. The Morgan fingerprint density at radius 2 is 2.06 bits per heavy atom. The lowest BCUT2D eigenvalue weighted by Gasteiger charge is -2.10. The van der Waals surface area contributed by atoms with Crippen molar-refractivity contribution in [2.45, 2.75) is 19.3 Å². The molecule has 2 N–H and O–H groups in total. The predicted molar refractivity (Wildman–Crippen MR) is 59.8 cm³/mol. The minimum atomic E-state index is -0.583. The highest BCUT2D eigenvalue weighted by Gasteiger charge is 2.16. The summed E-state index contributed by atoms with van der Waals surface area (Å²) in [6.07, 6.45) is 1.23. The van der Waals surface area contributed by atoms with E-state index in [4.69, 9.17) is 4.74 Å². The Morgan fingerprint density at radius 1 is 1.19 bits per heavy atom. The van der Waals surface area contributed by atoms with E-state index in [0.717, 1.165) is 11.3 Å². The number of hydrogen-bond acceptors (Lipinski definition) is 2. The highest BCUT2D eigenvalue weighted by Crippen LogP contribution is 2.26. The second kappa shape index (κ2) is 3.77. The van der Waals surface area contributed by atoms with E-state index in [1.54, 1.807) is 0 Å². The molecule has 0 fully saturated rings. The number of fused-ring (bicyclic) bond motifs is 1. The largest absolute Gasteiger partial charge is 0.382 e. The van der Waals surface area contributed by atoms with Crippen LogP contribution in [0.5, 0.6) is 0 Å². The van der Waals surface area contributed by atoms with Gasteiger partial charge in [0, 0.05) is 11.9 Å². The number of rotatable bonds is 2. The van der Waals surface area contributed by atoms with E-state index < -0.39 is 6.10 Å². The first-order chi connectivity index (χ1) is 7.84. The Kier molecular flexibility index (Phi) is 2.27. The Balaban J connectivity index is 1.95. The minimum Gasteiger partial charge on any atom is -0.382 e. The minimum absolute atomic E-state index is 0.583. The van der Waals surface area contributed by atoms with Gasteiger partial charge in [-0.25, -0.2) is 0 Å². The molecule has 1 unspecified atom stereocenters. The lowest BCUT2D eigenvalue weighted by atomic mass is 10.0. The molecule has 0 bridgehead atoms. The first-order valence-corrected chi connectivity index (χ1v) is 5.35. The Labute approximate surface area is 93.7 Å². The summed E-state index contributed by atoms with van der Waals surface area (Å²) in [6.45, 7) is 1.34. The zero-order valence-electron chi connectivity index (χ0n) is 8.81. The van der Waals surface area contributed by atoms with Crippen molar-refractivity contribution in [1.29, 1.82) is 0 Å². The molecule has 3 nitrogen and oxygen atoms in total. The highest BCUT2D eigenvalue weighted by atomic mass is 16.5. The third kappa shape index (κ3) is 1.54. The van der Waals surface area contributed by atoms with E-state index in [9.17, 15) is 5.11 Å². The second-order valence-electron chi connectivity index (χ2n) is 4.05. The van der Waals surface area contributed by atoms with E-state index in [2.05, 4.69) is 4.98 Å². The van der Waals surface area contributed by atoms with Crippen LogP contribution in [0.15, 0.2) is 36.5 Å². The normalized spacial score (nSPS) is 16.1. The molecule has 0 saturated carbocycles. The van der Waals surface area contributed by atoms with E-state index in [-0.39, 0.29) is 0 Å². The van der Waals surface area contributed by atoms with Crippen LogP contribution >= 0.6 is 0 Å². The van der Waals surface area contributed by atoms with Crippen LogP contribution in [0, 0.1) is 0 Å². The summed E-state index contributed by atoms with van der Waals surface area (Å²) in [5.41, 5.74) is 4.14. The molecule has 3 heteroatoms. The average Bonchev–Trinajstić information content (AvgIpc) is 2.98. The molecule has 0 radical (unpaired) electrons. The maximum absolute atomic E-state index is 10.1. The molecule has 2 heterocycles. The fraction of sp³-hybridized carbons (Fsp3) is 0.231. The van der Waals surface area contributed by atoms with Gasteiger partial charge < -0.3 is 14.8 Å². The Hall–Kier alpha value is -1.58. The van der Waals surface area contributed by atoms with E-state index in [1.807, 2.05) is 36.5 Å². The molecule has 1 aromatic heterocycles. The van der Waals surface area contributed by atoms with Crippen LogP contribution < -0.4 is 0 Å². The number of hydrogen-bond donors (Lipinski definition) is 2. The fourth-order valence-corrected chi connectivity index (χ4v) is 2.06. The zero-order chi connectivity index (χ0) is 11.0. The molecule has 0 aliphatic carbocycles. The van der Waals surface area contributed by atoms with Crippen LogP contribution in [0.3, 0.4) is 0 Å². The highest BCUT2D eigenvalue weighted by molar-refractivity contribution is 5.36. The van der Waals surface area contributed by atoms with Crippen molar-refractivity contribution >= 4 is 0 Å². The lowest BCUT2D eigenvalue weighted by Crippen LogP contribution is -2.00. The van der Waals surface area contributed by atoms with Gasteiger partial charge in [-0.15, -0.1) is 0 Å². The quantitative estimate of drug-likeness (QED) is 0.806. The van der Waals surface area contributed by atoms with Gasteiger partial charge in [0.2, 0.25) is 0 Å². The number of ether oxygens (including phenoxy) is 1. The smallest absolute Gasteiger partial charge is 0.119 e. The van der Waals surface area contributed by atoms with Crippen molar-refractivity contribution in [1.82, 2.24) is 4.98 Å². The monoisotopic (exact) mass is 215 g/mol. The van der Waals surface area contributed by atoms with Crippen molar-refractivity contribution in [3.05, 3.63) is 58.9 Å². The van der Waals surface area contributed by atoms with Gasteiger partial charge >= 0.3 is 0 Å². The third-order valence-electron chi connectivity index (χ3n) is 2.98. The molecule has 1 aliphatic heterocycles. The van der Waals surface area contributed by atoms with Gasteiger partial charge in [0.1, 0.15) is 6.10 Å². The van der Waals surface area contributed by atoms with Crippen LogP contribution in [-0.2, 0) is 18.0 Å². The van der Waals surface area contributed by atoms with Gasteiger partial charge in [-0.3, -0.25) is 0 Å². The van der Waals surface area contributed by atoms with Crippen LogP contribution in [0.1, 0.15) is 28.5 Å². The number of aliphatic hydroxyl groups excluding tert-OH is 1. The van der Waals surface area contributed by atoms with Crippen molar-refractivity contribution in [3.8, 4) is 0 Å². The van der Waals surface area contributed by atoms with Crippen molar-refractivity contribution < 1.29 is 9.84 Å². The standard InChI is InChI=1S/C13H13NO2/c15-13(12-2-1-5-14-12)9-3-4-10-7-16-8-11(10)6-9/h1-6,13-15H,7-8H2. The van der Waals surface area contributed by atoms with Gasteiger partial charge in [-0.2, -0.15) is 0 Å². The topological polar surface area (TPSA) is 45.2 Å². The molecule has 1 aromatic carbocycles. The van der Waals surface area contributed by atoms with Gasteiger partial charge in [-0.1, -0.05) is 18.2 Å². The van der Waals surface area contributed by atoms with Crippen molar-refractivity contribution in [2.75, 3.05) is 0 Å². The molecular weight excluding hydrogens is 202 g/mol. The number of nitrogens with one attached hydrogen (secondary N) is 1. The predicted octanol–water partition coefficient (Wildman–Crippen LogP) is 2.13. The second-order valence-corrected chi connectivity index (χ2v) is 4.05. The molecule has 2 aromatic rings. The van der Waals surface area contributed by atoms with E-state index >= 15 is 0 Å². The Morgan fingerprint density at radius 3 is 2.88 bits per heavy atom. The summed E-state index contributed by atoms with van der Waals surface area (Å²) in [5, 5.41) is 10.1.